The lowest BCUT2D eigenvalue weighted by Crippen LogP contribution is -2.07. The van der Waals surface area contributed by atoms with Gasteiger partial charge in [0, 0.05) is 12.0 Å². The van der Waals surface area contributed by atoms with Crippen LogP contribution in [0.25, 0.3) is 33.7 Å². The lowest BCUT2D eigenvalue weighted by Gasteiger charge is -2.11. The van der Waals surface area contributed by atoms with Crippen LogP contribution in [-0.4, -0.2) is 46.2 Å². The van der Waals surface area contributed by atoms with Crippen molar-refractivity contribution in [2.75, 3.05) is 0 Å². The SMILES string of the molecule is CCCc1nc2ccc(C(=O)O)nc2n1Cc1ccc(-c2ccccc2-c2nn[nH]n2)cc1. The number of carbonyl (C=O) groups is 1. The van der Waals surface area contributed by atoms with Crippen molar-refractivity contribution >= 4 is 17.1 Å². The van der Waals surface area contributed by atoms with E-state index < -0.39 is 5.97 Å². The van der Waals surface area contributed by atoms with Gasteiger partial charge in [-0.3, -0.25) is 0 Å². The predicted molar refractivity (Wildman–Crippen MR) is 123 cm³/mol. The molecule has 2 aromatic carbocycles. The lowest BCUT2D eigenvalue weighted by molar-refractivity contribution is 0.0691. The molecule has 0 fully saturated rings. The van der Waals surface area contributed by atoms with Crippen LogP contribution in [0.15, 0.2) is 60.7 Å². The van der Waals surface area contributed by atoms with E-state index in [2.05, 4.69) is 61.8 Å². The van der Waals surface area contributed by atoms with Crippen LogP contribution in [0.5, 0.6) is 0 Å². The molecule has 164 valence electrons. The summed E-state index contributed by atoms with van der Waals surface area (Å²) in [5.41, 5.74) is 5.32. The first-order valence-electron chi connectivity index (χ1n) is 10.7. The van der Waals surface area contributed by atoms with Crippen LogP contribution in [-0.2, 0) is 13.0 Å². The molecule has 0 bridgehead atoms. The van der Waals surface area contributed by atoms with E-state index in [0.29, 0.717) is 23.5 Å². The predicted octanol–water partition coefficient (Wildman–Crippen LogP) is 3.98. The highest BCUT2D eigenvalue weighted by atomic mass is 16.4. The minimum atomic E-state index is -1.05. The Morgan fingerprint density at radius 1 is 1.00 bits per heavy atom. The van der Waals surface area contributed by atoms with Crippen molar-refractivity contribution in [2.45, 2.75) is 26.3 Å². The molecule has 0 spiro atoms. The summed E-state index contributed by atoms with van der Waals surface area (Å²) in [6.45, 7) is 2.64. The normalized spacial score (nSPS) is 11.2. The van der Waals surface area contributed by atoms with E-state index in [0.717, 1.165) is 40.9 Å². The van der Waals surface area contributed by atoms with Gasteiger partial charge in [-0.1, -0.05) is 55.5 Å². The zero-order chi connectivity index (χ0) is 22.8. The molecule has 0 unspecified atom stereocenters. The number of aromatic carboxylic acids is 1. The van der Waals surface area contributed by atoms with E-state index in [1.54, 1.807) is 6.07 Å². The van der Waals surface area contributed by atoms with Gasteiger partial charge in [0.2, 0.25) is 5.82 Å². The average molecular weight is 439 g/mol. The maximum absolute atomic E-state index is 11.4. The fraction of sp³-hybridized carbons (Fsp3) is 0.167. The Bertz CT molecular complexity index is 1420. The summed E-state index contributed by atoms with van der Waals surface area (Å²) in [4.78, 5) is 20.5. The number of aromatic nitrogens is 7. The smallest absolute Gasteiger partial charge is 0.354 e. The molecule has 5 rings (SSSR count). The third kappa shape index (κ3) is 3.96. The van der Waals surface area contributed by atoms with Gasteiger partial charge in [-0.15, -0.1) is 10.2 Å². The number of carboxylic acids is 1. The van der Waals surface area contributed by atoms with Crippen molar-refractivity contribution in [1.82, 2.24) is 35.2 Å². The van der Waals surface area contributed by atoms with E-state index in [9.17, 15) is 9.90 Å². The number of fused-ring (bicyclic) bond motifs is 1. The number of carboxylic acid groups (broad SMARTS) is 1. The number of nitrogens with zero attached hydrogens (tertiary/aromatic N) is 6. The molecule has 0 radical (unpaired) electrons. The molecular weight excluding hydrogens is 418 g/mol. The van der Waals surface area contributed by atoms with E-state index in [4.69, 9.17) is 0 Å². The maximum atomic E-state index is 11.4. The zero-order valence-electron chi connectivity index (χ0n) is 17.9. The Labute approximate surface area is 189 Å². The minimum absolute atomic E-state index is 0.0140. The first kappa shape index (κ1) is 20.5. The van der Waals surface area contributed by atoms with Crippen LogP contribution in [0.2, 0.25) is 0 Å². The summed E-state index contributed by atoms with van der Waals surface area (Å²) < 4.78 is 2.01. The molecule has 0 saturated heterocycles. The third-order valence-corrected chi connectivity index (χ3v) is 5.48. The molecule has 3 heterocycles. The van der Waals surface area contributed by atoms with Crippen molar-refractivity contribution in [1.29, 1.82) is 0 Å². The molecule has 0 aliphatic rings. The minimum Gasteiger partial charge on any atom is -0.477 e. The second kappa shape index (κ2) is 8.62. The molecule has 5 aromatic rings. The van der Waals surface area contributed by atoms with Gasteiger partial charge in [0.1, 0.15) is 11.3 Å². The number of hydrogen-bond donors (Lipinski definition) is 2. The van der Waals surface area contributed by atoms with Crippen LogP contribution in [0.4, 0.5) is 0 Å². The van der Waals surface area contributed by atoms with Gasteiger partial charge >= 0.3 is 5.97 Å². The first-order valence-corrected chi connectivity index (χ1v) is 10.7. The molecule has 0 aliphatic carbocycles. The molecular formula is C24H21N7O2. The summed E-state index contributed by atoms with van der Waals surface area (Å²) in [5, 5.41) is 23.7. The summed E-state index contributed by atoms with van der Waals surface area (Å²) in [5.74, 6) is 0.393. The van der Waals surface area contributed by atoms with Gasteiger partial charge in [-0.25, -0.2) is 14.8 Å². The topological polar surface area (TPSA) is 122 Å². The number of hydrogen-bond acceptors (Lipinski definition) is 6. The molecule has 0 amide bonds. The van der Waals surface area contributed by atoms with E-state index in [1.165, 1.54) is 6.07 Å². The van der Waals surface area contributed by atoms with Gasteiger partial charge in [0.05, 0.1) is 6.54 Å². The fourth-order valence-electron chi connectivity index (χ4n) is 3.93. The quantitative estimate of drug-likeness (QED) is 0.393. The number of rotatable bonds is 7. The highest BCUT2D eigenvalue weighted by Gasteiger charge is 2.15. The van der Waals surface area contributed by atoms with Crippen LogP contribution in [0.3, 0.4) is 0 Å². The number of aryl methyl sites for hydroxylation is 1. The Morgan fingerprint density at radius 3 is 2.48 bits per heavy atom. The van der Waals surface area contributed by atoms with Crippen molar-refractivity contribution in [3.63, 3.8) is 0 Å². The molecule has 0 saturated carbocycles. The number of tetrazole rings is 1. The number of H-pyrrole nitrogens is 1. The van der Waals surface area contributed by atoms with Gasteiger partial charge in [0.25, 0.3) is 0 Å². The number of aromatic amines is 1. The van der Waals surface area contributed by atoms with Crippen LogP contribution in [0.1, 0.15) is 35.2 Å². The van der Waals surface area contributed by atoms with Crippen LogP contribution >= 0.6 is 0 Å². The molecule has 0 aliphatic heterocycles. The molecule has 33 heavy (non-hydrogen) atoms. The average Bonchev–Trinajstić information content (AvgIpc) is 3.48. The number of pyridine rings is 1. The number of imidazole rings is 1. The second-order valence-corrected chi connectivity index (χ2v) is 7.69. The van der Waals surface area contributed by atoms with Crippen molar-refractivity contribution in [3.05, 3.63) is 77.7 Å². The van der Waals surface area contributed by atoms with Crippen molar-refractivity contribution in [2.24, 2.45) is 0 Å². The molecule has 2 N–H and O–H groups in total. The summed E-state index contributed by atoms with van der Waals surface area (Å²) >= 11 is 0. The van der Waals surface area contributed by atoms with Crippen LogP contribution in [0, 0.1) is 0 Å². The third-order valence-electron chi connectivity index (χ3n) is 5.48. The highest BCUT2D eigenvalue weighted by Crippen LogP contribution is 2.30. The fourth-order valence-corrected chi connectivity index (χ4v) is 3.93. The van der Waals surface area contributed by atoms with E-state index >= 15 is 0 Å². The molecule has 9 nitrogen and oxygen atoms in total. The molecule has 3 aromatic heterocycles. The van der Waals surface area contributed by atoms with Gasteiger partial charge in [0.15, 0.2) is 11.3 Å². The number of nitrogens with one attached hydrogen (secondary N) is 1. The van der Waals surface area contributed by atoms with Gasteiger partial charge < -0.3 is 9.67 Å². The van der Waals surface area contributed by atoms with E-state index in [1.807, 2.05) is 28.8 Å². The van der Waals surface area contributed by atoms with E-state index in [-0.39, 0.29) is 5.69 Å². The monoisotopic (exact) mass is 439 g/mol. The highest BCUT2D eigenvalue weighted by molar-refractivity contribution is 5.88. The summed E-state index contributed by atoms with van der Waals surface area (Å²) in [6.07, 6.45) is 1.72. The maximum Gasteiger partial charge on any atom is 0.354 e. The van der Waals surface area contributed by atoms with Gasteiger partial charge in [-0.2, -0.15) is 5.21 Å². The summed E-state index contributed by atoms with van der Waals surface area (Å²) in [6, 6.07) is 19.4. The first-order chi connectivity index (χ1) is 16.1. The molecule has 9 heteroatoms. The van der Waals surface area contributed by atoms with Crippen molar-refractivity contribution in [3.8, 4) is 22.5 Å². The van der Waals surface area contributed by atoms with Gasteiger partial charge in [-0.05, 0) is 40.5 Å². The zero-order valence-corrected chi connectivity index (χ0v) is 17.9. The standard InChI is InChI=1S/C24H21N7O2/c1-2-5-21-25-19-12-13-20(24(32)33)26-23(19)31(21)14-15-8-10-16(11-9-15)17-6-3-4-7-18(17)22-27-29-30-28-22/h3-4,6-13H,2,5,14H2,1H3,(H,32,33)(H,27,28,29,30). The Balaban J connectivity index is 1.50. The number of benzene rings is 2. The Morgan fingerprint density at radius 2 is 1.79 bits per heavy atom. The lowest BCUT2D eigenvalue weighted by atomic mass is 9.98. The second-order valence-electron chi connectivity index (χ2n) is 7.69. The Kier molecular flexibility index (Phi) is 5.35. The molecule has 0 atom stereocenters. The van der Waals surface area contributed by atoms with Crippen molar-refractivity contribution < 1.29 is 9.90 Å². The van der Waals surface area contributed by atoms with Crippen LogP contribution < -0.4 is 0 Å². The summed E-state index contributed by atoms with van der Waals surface area (Å²) in [7, 11) is 0. The largest absolute Gasteiger partial charge is 0.477 e. The Hall–Kier alpha value is -4.40.